The third-order valence-corrected chi connectivity index (χ3v) is 2.63. The summed E-state index contributed by atoms with van der Waals surface area (Å²) < 4.78 is 1.86. The standard InChI is InChI=1S/C11H11BrN2/c1-9(12)10-4-2-5-11(8-10)14-7-3-6-13-14/h2-9H,1H3. The summed E-state index contributed by atoms with van der Waals surface area (Å²) in [6.45, 7) is 2.11. The minimum absolute atomic E-state index is 0.373. The van der Waals surface area contributed by atoms with Crippen LogP contribution in [0.1, 0.15) is 17.3 Å². The van der Waals surface area contributed by atoms with Crippen LogP contribution in [0.5, 0.6) is 0 Å². The monoisotopic (exact) mass is 250 g/mol. The Morgan fingerprint density at radius 3 is 2.86 bits per heavy atom. The fourth-order valence-corrected chi connectivity index (χ4v) is 1.62. The molecule has 0 aliphatic carbocycles. The van der Waals surface area contributed by atoms with Crippen LogP contribution in [0.25, 0.3) is 5.69 Å². The Morgan fingerprint density at radius 2 is 2.21 bits per heavy atom. The molecule has 1 unspecified atom stereocenters. The van der Waals surface area contributed by atoms with Crippen LogP contribution >= 0.6 is 15.9 Å². The molecule has 2 aromatic rings. The van der Waals surface area contributed by atoms with Crippen molar-refractivity contribution in [1.29, 1.82) is 0 Å². The highest BCUT2D eigenvalue weighted by Crippen LogP contribution is 2.23. The van der Waals surface area contributed by atoms with Crippen molar-refractivity contribution in [3.05, 3.63) is 48.3 Å². The van der Waals surface area contributed by atoms with Gasteiger partial charge in [0, 0.05) is 17.2 Å². The van der Waals surface area contributed by atoms with Crippen molar-refractivity contribution in [2.24, 2.45) is 0 Å². The fraction of sp³-hybridized carbons (Fsp3) is 0.182. The predicted molar refractivity (Wildman–Crippen MR) is 60.9 cm³/mol. The second-order valence-electron chi connectivity index (χ2n) is 3.16. The van der Waals surface area contributed by atoms with Crippen LogP contribution in [0.2, 0.25) is 0 Å². The Bertz CT molecular complexity index is 407. The van der Waals surface area contributed by atoms with Gasteiger partial charge in [-0.05, 0) is 30.7 Å². The van der Waals surface area contributed by atoms with E-state index < -0.39 is 0 Å². The maximum atomic E-state index is 4.19. The summed E-state index contributed by atoms with van der Waals surface area (Å²) in [5, 5.41) is 4.19. The molecule has 2 nitrogen and oxygen atoms in total. The maximum absolute atomic E-state index is 4.19. The van der Waals surface area contributed by atoms with E-state index in [2.05, 4.69) is 40.1 Å². The van der Waals surface area contributed by atoms with Gasteiger partial charge in [-0.15, -0.1) is 0 Å². The van der Waals surface area contributed by atoms with E-state index in [-0.39, 0.29) is 0 Å². The van der Waals surface area contributed by atoms with Gasteiger partial charge in [-0.1, -0.05) is 28.1 Å². The molecule has 1 heterocycles. The van der Waals surface area contributed by atoms with Gasteiger partial charge in [0.05, 0.1) is 5.69 Å². The Balaban J connectivity index is 2.41. The summed E-state index contributed by atoms with van der Waals surface area (Å²) in [5.41, 5.74) is 2.36. The first kappa shape index (κ1) is 9.46. The quantitative estimate of drug-likeness (QED) is 0.748. The SMILES string of the molecule is CC(Br)c1cccc(-n2cccn2)c1. The summed E-state index contributed by atoms with van der Waals surface area (Å²) in [6.07, 6.45) is 3.72. The minimum atomic E-state index is 0.373. The van der Waals surface area contributed by atoms with E-state index in [1.807, 2.05) is 29.1 Å². The van der Waals surface area contributed by atoms with Crippen LogP contribution in [0.15, 0.2) is 42.7 Å². The molecule has 3 heteroatoms. The number of aromatic nitrogens is 2. The molecule has 0 fully saturated rings. The van der Waals surface area contributed by atoms with E-state index in [9.17, 15) is 0 Å². The smallest absolute Gasteiger partial charge is 0.0648 e. The normalized spacial score (nSPS) is 12.7. The molecule has 0 aliphatic rings. The van der Waals surface area contributed by atoms with E-state index in [1.165, 1.54) is 5.56 Å². The molecule has 0 radical (unpaired) electrons. The Kier molecular flexibility index (Phi) is 2.68. The highest BCUT2D eigenvalue weighted by Gasteiger charge is 2.02. The average Bonchev–Trinajstić information content (AvgIpc) is 2.71. The van der Waals surface area contributed by atoms with E-state index in [4.69, 9.17) is 0 Å². The van der Waals surface area contributed by atoms with Gasteiger partial charge in [0.15, 0.2) is 0 Å². The summed E-state index contributed by atoms with van der Waals surface area (Å²) in [5.74, 6) is 0. The first-order chi connectivity index (χ1) is 6.77. The first-order valence-electron chi connectivity index (χ1n) is 4.51. The molecular weight excluding hydrogens is 240 g/mol. The number of halogens is 1. The molecule has 0 bridgehead atoms. The molecule has 0 N–H and O–H groups in total. The van der Waals surface area contributed by atoms with Crippen molar-refractivity contribution in [2.75, 3.05) is 0 Å². The molecular formula is C11H11BrN2. The van der Waals surface area contributed by atoms with Crippen molar-refractivity contribution in [3.63, 3.8) is 0 Å². The van der Waals surface area contributed by atoms with Crippen molar-refractivity contribution < 1.29 is 0 Å². The van der Waals surface area contributed by atoms with Crippen LogP contribution in [0, 0.1) is 0 Å². The summed E-state index contributed by atoms with van der Waals surface area (Å²) in [4.78, 5) is 0.373. The van der Waals surface area contributed by atoms with Crippen molar-refractivity contribution in [2.45, 2.75) is 11.8 Å². The van der Waals surface area contributed by atoms with Gasteiger partial charge in [-0.2, -0.15) is 5.10 Å². The van der Waals surface area contributed by atoms with Crippen LogP contribution < -0.4 is 0 Å². The van der Waals surface area contributed by atoms with Crippen LogP contribution in [0.3, 0.4) is 0 Å². The first-order valence-corrected chi connectivity index (χ1v) is 5.43. The number of rotatable bonds is 2. The van der Waals surface area contributed by atoms with Gasteiger partial charge in [0.25, 0.3) is 0 Å². The third kappa shape index (κ3) is 1.87. The Hall–Kier alpha value is -1.09. The lowest BCUT2D eigenvalue weighted by Gasteiger charge is -2.06. The highest BCUT2D eigenvalue weighted by atomic mass is 79.9. The lowest BCUT2D eigenvalue weighted by molar-refractivity contribution is 0.877. The van der Waals surface area contributed by atoms with Crippen molar-refractivity contribution >= 4 is 15.9 Å². The van der Waals surface area contributed by atoms with Gasteiger partial charge in [0.2, 0.25) is 0 Å². The molecule has 0 saturated carbocycles. The zero-order chi connectivity index (χ0) is 9.97. The number of hydrogen-bond donors (Lipinski definition) is 0. The molecule has 72 valence electrons. The maximum Gasteiger partial charge on any atom is 0.0648 e. The van der Waals surface area contributed by atoms with Crippen LogP contribution in [-0.4, -0.2) is 9.78 Å². The largest absolute Gasteiger partial charge is 0.241 e. The van der Waals surface area contributed by atoms with E-state index in [0.29, 0.717) is 4.83 Å². The zero-order valence-electron chi connectivity index (χ0n) is 7.89. The summed E-state index contributed by atoms with van der Waals surface area (Å²) in [7, 11) is 0. The van der Waals surface area contributed by atoms with Crippen molar-refractivity contribution in [3.8, 4) is 5.69 Å². The lowest BCUT2D eigenvalue weighted by Crippen LogP contribution is -1.95. The van der Waals surface area contributed by atoms with Crippen molar-refractivity contribution in [1.82, 2.24) is 9.78 Å². The zero-order valence-corrected chi connectivity index (χ0v) is 9.48. The summed E-state index contributed by atoms with van der Waals surface area (Å²) >= 11 is 3.55. The minimum Gasteiger partial charge on any atom is -0.241 e. The molecule has 0 aliphatic heterocycles. The Morgan fingerprint density at radius 1 is 1.36 bits per heavy atom. The average molecular weight is 251 g/mol. The van der Waals surface area contributed by atoms with Gasteiger partial charge >= 0.3 is 0 Å². The van der Waals surface area contributed by atoms with Gasteiger partial charge in [-0.25, -0.2) is 4.68 Å². The summed E-state index contributed by atoms with van der Waals surface area (Å²) in [6, 6.07) is 10.2. The van der Waals surface area contributed by atoms with E-state index >= 15 is 0 Å². The predicted octanol–water partition coefficient (Wildman–Crippen LogP) is 3.33. The third-order valence-electron chi connectivity index (χ3n) is 2.10. The van der Waals surface area contributed by atoms with E-state index in [1.54, 1.807) is 6.20 Å². The molecule has 0 amide bonds. The van der Waals surface area contributed by atoms with Gasteiger partial charge in [0.1, 0.15) is 0 Å². The molecule has 0 saturated heterocycles. The second-order valence-corrected chi connectivity index (χ2v) is 4.54. The fourth-order valence-electron chi connectivity index (χ4n) is 1.34. The highest BCUT2D eigenvalue weighted by molar-refractivity contribution is 9.09. The van der Waals surface area contributed by atoms with Gasteiger partial charge < -0.3 is 0 Å². The van der Waals surface area contributed by atoms with E-state index in [0.717, 1.165) is 5.69 Å². The number of benzene rings is 1. The van der Waals surface area contributed by atoms with Crippen LogP contribution in [-0.2, 0) is 0 Å². The molecule has 14 heavy (non-hydrogen) atoms. The van der Waals surface area contributed by atoms with Gasteiger partial charge in [-0.3, -0.25) is 0 Å². The molecule has 1 aromatic carbocycles. The molecule has 2 rings (SSSR count). The lowest BCUT2D eigenvalue weighted by atomic mass is 10.1. The Labute approximate surface area is 91.7 Å². The number of nitrogens with zero attached hydrogens (tertiary/aromatic N) is 2. The second kappa shape index (κ2) is 3.96. The molecule has 0 spiro atoms. The topological polar surface area (TPSA) is 17.8 Å². The number of hydrogen-bond acceptors (Lipinski definition) is 1. The molecule has 1 atom stereocenters. The van der Waals surface area contributed by atoms with Crippen LogP contribution in [0.4, 0.5) is 0 Å². The number of alkyl halides is 1. The molecule has 1 aromatic heterocycles.